The van der Waals surface area contributed by atoms with Gasteiger partial charge in [-0.25, -0.2) is 0 Å². The van der Waals surface area contributed by atoms with Gasteiger partial charge in [-0.2, -0.15) is 0 Å². The van der Waals surface area contributed by atoms with E-state index in [1.807, 2.05) is 12.1 Å². The van der Waals surface area contributed by atoms with Gasteiger partial charge in [-0.1, -0.05) is 26.2 Å². The Hall–Kier alpha value is -1.58. The Balaban J connectivity index is 1.99. The Morgan fingerprint density at radius 1 is 1.21 bits per heavy atom. The number of nitrogens with two attached hydrogens (primary N) is 1. The molecular formula is C15H24N2O2. The fourth-order valence-electron chi connectivity index (χ4n) is 2.27. The van der Waals surface area contributed by atoms with Gasteiger partial charge in [0.15, 0.2) is 11.5 Å². The van der Waals surface area contributed by atoms with Crippen molar-refractivity contribution in [1.29, 1.82) is 0 Å². The van der Waals surface area contributed by atoms with Crippen molar-refractivity contribution in [1.82, 2.24) is 0 Å². The van der Waals surface area contributed by atoms with E-state index in [9.17, 15) is 0 Å². The van der Waals surface area contributed by atoms with E-state index in [2.05, 4.69) is 19.2 Å². The summed E-state index contributed by atoms with van der Waals surface area (Å²) in [6.45, 7) is 5.60. The highest BCUT2D eigenvalue weighted by Crippen LogP contribution is 2.37. The monoisotopic (exact) mass is 264 g/mol. The first-order valence-corrected chi connectivity index (χ1v) is 7.16. The van der Waals surface area contributed by atoms with E-state index in [-0.39, 0.29) is 0 Å². The number of fused-ring (bicyclic) bond motifs is 1. The number of nitrogens with one attached hydrogen (secondary N) is 1. The quantitative estimate of drug-likeness (QED) is 0.610. The van der Waals surface area contributed by atoms with Gasteiger partial charge in [-0.05, 0) is 13.3 Å². The van der Waals surface area contributed by atoms with Crippen LogP contribution in [0.3, 0.4) is 0 Å². The van der Waals surface area contributed by atoms with E-state index in [4.69, 9.17) is 15.2 Å². The van der Waals surface area contributed by atoms with E-state index in [1.165, 1.54) is 19.3 Å². The maximum Gasteiger partial charge on any atom is 0.163 e. The lowest BCUT2D eigenvalue weighted by Gasteiger charge is -2.22. The first-order valence-electron chi connectivity index (χ1n) is 7.16. The van der Waals surface area contributed by atoms with Crippen LogP contribution in [0.15, 0.2) is 12.1 Å². The number of rotatable bonds is 6. The van der Waals surface area contributed by atoms with E-state index >= 15 is 0 Å². The van der Waals surface area contributed by atoms with E-state index in [0.717, 1.165) is 23.6 Å². The van der Waals surface area contributed by atoms with Crippen LogP contribution in [-0.4, -0.2) is 19.3 Å². The standard InChI is InChI=1S/C15H24N2O2/c1-3-4-5-6-11(2)17-13-10-15-14(9-12(13)16)18-7-8-19-15/h9-11,17H,3-8,16H2,1-2H3. The van der Waals surface area contributed by atoms with Crippen LogP contribution in [-0.2, 0) is 0 Å². The highest BCUT2D eigenvalue weighted by atomic mass is 16.6. The van der Waals surface area contributed by atoms with Gasteiger partial charge in [0.25, 0.3) is 0 Å². The van der Waals surface area contributed by atoms with Gasteiger partial charge in [0.1, 0.15) is 13.2 Å². The zero-order chi connectivity index (χ0) is 13.7. The van der Waals surface area contributed by atoms with Crippen molar-refractivity contribution < 1.29 is 9.47 Å². The summed E-state index contributed by atoms with van der Waals surface area (Å²) in [6, 6.07) is 4.20. The molecule has 0 aliphatic carbocycles. The fourth-order valence-corrected chi connectivity index (χ4v) is 2.27. The van der Waals surface area contributed by atoms with E-state index in [0.29, 0.717) is 24.9 Å². The number of hydrogen-bond donors (Lipinski definition) is 2. The lowest BCUT2D eigenvalue weighted by atomic mass is 10.1. The summed E-state index contributed by atoms with van der Waals surface area (Å²) in [5.41, 5.74) is 7.70. The molecule has 19 heavy (non-hydrogen) atoms. The van der Waals surface area contributed by atoms with Crippen LogP contribution in [0, 0.1) is 0 Å². The van der Waals surface area contributed by atoms with Crippen LogP contribution in [0.25, 0.3) is 0 Å². The normalized spacial score (nSPS) is 15.1. The van der Waals surface area contributed by atoms with Crippen molar-refractivity contribution in [3.63, 3.8) is 0 Å². The molecule has 0 bridgehead atoms. The minimum Gasteiger partial charge on any atom is -0.486 e. The molecule has 0 aromatic heterocycles. The second kappa shape index (κ2) is 6.55. The number of unbranched alkanes of at least 4 members (excludes halogenated alkanes) is 2. The molecule has 1 heterocycles. The highest BCUT2D eigenvalue weighted by Gasteiger charge is 2.15. The molecule has 0 spiro atoms. The molecule has 1 aliphatic heterocycles. The fraction of sp³-hybridized carbons (Fsp3) is 0.600. The molecule has 1 unspecified atom stereocenters. The summed E-state index contributed by atoms with van der Waals surface area (Å²) in [7, 11) is 0. The molecule has 0 saturated carbocycles. The van der Waals surface area contributed by atoms with Gasteiger partial charge in [-0.15, -0.1) is 0 Å². The molecule has 0 radical (unpaired) electrons. The Kier molecular flexibility index (Phi) is 4.77. The lowest BCUT2D eigenvalue weighted by molar-refractivity contribution is 0.172. The summed E-state index contributed by atoms with van der Waals surface area (Å²) in [4.78, 5) is 0. The zero-order valence-corrected chi connectivity index (χ0v) is 11.9. The largest absolute Gasteiger partial charge is 0.486 e. The average molecular weight is 264 g/mol. The molecule has 106 valence electrons. The van der Waals surface area contributed by atoms with Crippen LogP contribution in [0.1, 0.15) is 39.5 Å². The first kappa shape index (κ1) is 13.8. The van der Waals surface area contributed by atoms with Crippen LogP contribution in [0.2, 0.25) is 0 Å². The molecule has 2 rings (SSSR count). The maximum atomic E-state index is 6.05. The van der Waals surface area contributed by atoms with Gasteiger partial charge < -0.3 is 20.5 Å². The molecule has 4 nitrogen and oxygen atoms in total. The van der Waals surface area contributed by atoms with Crippen molar-refractivity contribution in [2.75, 3.05) is 24.3 Å². The number of ether oxygens (including phenoxy) is 2. The zero-order valence-electron chi connectivity index (χ0n) is 11.9. The Morgan fingerprint density at radius 3 is 2.58 bits per heavy atom. The van der Waals surface area contributed by atoms with Crippen LogP contribution < -0.4 is 20.5 Å². The topological polar surface area (TPSA) is 56.5 Å². The maximum absolute atomic E-state index is 6.05. The van der Waals surface area contributed by atoms with Gasteiger partial charge in [0.2, 0.25) is 0 Å². The number of hydrogen-bond acceptors (Lipinski definition) is 4. The second-order valence-corrected chi connectivity index (χ2v) is 5.12. The molecule has 1 atom stereocenters. The third-order valence-electron chi connectivity index (χ3n) is 3.36. The predicted molar refractivity (Wildman–Crippen MR) is 79.1 cm³/mol. The van der Waals surface area contributed by atoms with E-state index < -0.39 is 0 Å². The second-order valence-electron chi connectivity index (χ2n) is 5.12. The number of nitrogen functional groups attached to an aromatic ring is 1. The number of benzene rings is 1. The molecule has 3 N–H and O–H groups in total. The summed E-state index contributed by atoms with van der Waals surface area (Å²) in [6.07, 6.45) is 4.93. The van der Waals surface area contributed by atoms with Gasteiger partial charge in [0.05, 0.1) is 11.4 Å². The first-order chi connectivity index (χ1) is 9.20. The molecule has 1 aromatic rings. The van der Waals surface area contributed by atoms with Crippen molar-refractivity contribution in [3.8, 4) is 11.5 Å². The summed E-state index contributed by atoms with van der Waals surface area (Å²) in [5.74, 6) is 1.52. The third-order valence-corrected chi connectivity index (χ3v) is 3.36. The molecule has 4 heteroatoms. The van der Waals surface area contributed by atoms with Gasteiger partial charge in [0, 0.05) is 18.2 Å². The smallest absolute Gasteiger partial charge is 0.163 e. The average Bonchev–Trinajstić information content (AvgIpc) is 2.40. The minimum atomic E-state index is 0.413. The molecule has 1 aliphatic rings. The molecule has 1 aromatic carbocycles. The van der Waals surface area contributed by atoms with Crippen molar-refractivity contribution >= 4 is 11.4 Å². The van der Waals surface area contributed by atoms with Crippen LogP contribution in [0.4, 0.5) is 11.4 Å². The predicted octanol–water partition coefficient (Wildman–Crippen LogP) is 3.42. The summed E-state index contributed by atoms with van der Waals surface area (Å²) in [5, 5.41) is 3.46. The van der Waals surface area contributed by atoms with Gasteiger partial charge >= 0.3 is 0 Å². The Labute approximate surface area is 115 Å². The molecule has 0 fully saturated rings. The van der Waals surface area contributed by atoms with Gasteiger partial charge in [-0.3, -0.25) is 0 Å². The van der Waals surface area contributed by atoms with Crippen molar-refractivity contribution in [3.05, 3.63) is 12.1 Å². The third kappa shape index (κ3) is 3.69. The van der Waals surface area contributed by atoms with Crippen molar-refractivity contribution in [2.45, 2.75) is 45.6 Å². The lowest BCUT2D eigenvalue weighted by Crippen LogP contribution is -2.18. The Bertz CT molecular complexity index is 421. The molecule has 0 saturated heterocycles. The highest BCUT2D eigenvalue weighted by molar-refractivity contribution is 5.72. The summed E-state index contributed by atoms with van der Waals surface area (Å²) < 4.78 is 11.1. The number of anilines is 2. The molecule has 0 amide bonds. The van der Waals surface area contributed by atoms with E-state index in [1.54, 1.807) is 0 Å². The van der Waals surface area contributed by atoms with Crippen molar-refractivity contribution in [2.24, 2.45) is 0 Å². The van der Waals surface area contributed by atoms with Crippen LogP contribution in [0.5, 0.6) is 11.5 Å². The Morgan fingerprint density at radius 2 is 1.89 bits per heavy atom. The molecular weight excluding hydrogens is 240 g/mol. The minimum absolute atomic E-state index is 0.413. The SMILES string of the molecule is CCCCCC(C)Nc1cc2c(cc1N)OCCO2. The summed E-state index contributed by atoms with van der Waals surface area (Å²) >= 11 is 0. The van der Waals surface area contributed by atoms with Crippen LogP contribution >= 0.6 is 0 Å².